The summed E-state index contributed by atoms with van der Waals surface area (Å²) < 4.78 is 1.78. The van der Waals surface area contributed by atoms with Crippen molar-refractivity contribution >= 4 is 29.9 Å². The van der Waals surface area contributed by atoms with Crippen LogP contribution in [0.5, 0.6) is 0 Å². The van der Waals surface area contributed by atoms with E-state index in [4.69, 9.17) is 11.6 Å². The molecule has 2 aromatic rings. The smallest absolute Gasteiger partial charge is 0.255 e. The van der Waals surface area contributed by atoms with Crippen molar-refractivity contribution in [3.05, 3.63) is 58.4 Å². The van der Waals surface area contributed by atoms with Crippen LogP contribution in [0.1, 0.15) is 29.4 Å². The minimum absolute atomic E-state index is 0. The standard InChI is InChI=1S/C18H21ClN4O.ClH/c1-2-17-16(18(24)21-11-13-6-8-20-9-7-13)12-22-23(17)15-5-3-4-14(19)10-15;/h3-6,10,12,20H,2,7-9,11H2,1H3,(H,21,24);1H. The van der Waals surface area contributed by atoms with Crippen LogP contribution in [0.15, 0.2) is 42.1 Å². The van der Waals surface area contributed by atoms with Crippen molar-refractivity contribution in [2.45, 2.75) is 19.8 Å². The molecule has 0 spiro atoms. The van der Waals surface area contributed by atoms with E-state index in [1.165, 1.54) is 5.57 Å². The number of nitrogens with zero attached hydrogens (tertiary/aromatic N) is 2. The topological polar surface area (TPSA) is 59.0 Å². The van der Waals surface area contributed by atoms with E-state index < -0.39 is 0 Å². The highest BCUT2D eigenvalue weighted by atomic mass is 35.5. The zero-order valence-electron chi connectivity index (χ0n) is 14.1. The second-order valence-corrected chi connectivity index (χ2v) is 6.19. The lowest BCUT2D eigenvalue weighted by atomic mass is 10.1. The van der Waals surface area contributed by atoms with Crippen molar-refractivity contribution in [2.75, 3.05) is 19.6 Å². The number of hydrogen-bond acceptors (Lipinski definition) is 3. The second kappa shape index (κ2) is 9.04. The van der Waals surface area contributed by atoms with Crippen LogP contribution in [0.4, 0.5) is 0 Å². The van der Waals surface area contributed by atoms with Crippen molar-refractivity contribution in [3.63, 3.8) is 0 Å². The Kier molecular flexibility index (Phi) is 7.05. The molecule has 25 heavy (non-hydrogen) atoms. The molecule has 0 bridgehead atoms. The van der Waals surface area contributed by atoms with Gasteiger partial charge in [0, 0.05) is 18.1 Å². The highest BCUT2D eigenvalue weighted by Gasteiger charge is 2.17. The number of aromatic nitrogens is 2. The normalized spacial score (nSPS) is 13.8. The molecule has 1 aromatic carbocycles. The van der Waals surface area contributed by atoms with Gasteiger partial charge in [-0.1, -0.05) is 36.2 Å². The Morgan fingerprint density at radius 2 is 2.28 bits per heavy atom. The van der Waals surface area contributed by atoms with E-state index in [1.54, 1.807) is 10.9 Å². The Balaban J connectivity index is 0.00000225. The maximum absolute atomic E-state index is 12.5. The van der Waals surface area contributed by atoms with Gasteiger partial charge >= 0.3 is 0 Å². The quantitative estimate of drug-likeness (QED) is 0.783. The van der Waals surface area contributed by atoms with E-state index in [2.05, 4.69) is 21.8 Å². The van der Waals surface area contributed by atoms with E-state index in [1.807, 2.05) is 31.2 Å². The number of rotatable bonds is 5. The first-order chi connectivity index (χ1) is 11.7. The van der Waals surface area contributed by atoms with Gasteiger partial charge in [-0.25, -0.2) is 4.68 Å². The molecule has 1 aromatic heterocycles. The number of halogens is 2. The summed E-state index contributed by atoms with van der Waals surface area (Å²) in [7, 11) is 0. The molecule has 5 nitrogen and oxygen atoms in total. The first-order valence-corrected chi connectivity index (χ1v) is 8.56. The van der Waals surface area contributed by atoms with Crippen molar-refractivity contribution < 1.29 is 4.79 Å². The van der Waals surface area contributed by atoms with Crippen molar-refractivity contribution in [2.24, 2.45) is 0 Å². The third-order valence-corrected chi connectivity index (χ3v) is 4.37. The zero-order chi connectivity index (χ0) is 16.9. The van der Waals surface area contributed by atoms with Crippen LogP contribution in [-0.4, -0.2) is 35.3 Å². The number of nitrogens with one attached hydrogen (secondary N) is 2. The van der Waals surface area contributed by atoms with Gasteiger partial charge in [0.25, 0.3) is 5.91 Å². The summed E-state index contributed by atoms with van der Waals surface area (Å²) in [6.07, 6.45) is 5.45. The lowest BCUT2D eigenvalue weighted by Crippen LogP contribution is -2.30. The molecule has 0 unspecified atom stereocenters. The van der Waals surface area contributed by atoms with Crippen LogP contribution in [0.25, 0.3) is 5.69 Å². The summed E-state index contributed by atoms with van der Waals surface area (Å²) >= 11 is 6.06. The van der Waals surface area contributed by atoms with Gasteiger partial charge in [0.2, 0.25) is 0 Å². The maximum Gasteiger partial charge on any atom is 0.255 e. The van der Waals surface area contributed by atoms with Gasteiger partial charge in [-0.3, -0.25) is 4.79 Å². The molecular weight excluding hydrogens is 359 g/mol. The lowest BCUT2D eigenvalue weighted by molar-refractivity contribution is 0.0955. The average Bonchev–Trinajstić information content (AvgIpc) is 3.04. The Labute approximate surface area is 158 Å². The molecule has 1 amide bonds. The number of benzene rings is 1. The van der Waals surface area contributed by atoms with Crippen LogP contribution < -0.4 is 10.6 Å². The fourth-order valence-corrected chi connectivity index (χ4v) is 3.04. The molecular formula is C18H22Cl2N4O. The predicted molar refractivity (Wildman–Crippen MR) is 103 cm³/mol. The van der Waals surface area contributed by atoms with Gasteiger partial charge in [-0.2, -0.15) is 5.10 Å². The number of carbonyl (C=O) groups is 1. The van der Waals surface area contributed by atoms with Crippen molar-refractivity contribution in [3.8, 4) is 5.69 Å². The van der Waals surface area contributed by atoms with Crippen LogP contribution in [0.2, 0.25) is 5.02 Å². The zero-order valence-corrected chi connectivity index (χ0v) is 15.7. The maximum atomic E-state index is 12.5. The van der Waals surface area contributed by atoms with Crippen molar-refractivity contribution in [1.82, 2.24) is 20.4 Å². The van der Waals surface area contributed by atoms with Crippen LogP contribution in [0.3, 0.4) is 0 Å². The van der Waals surface area contributed by atoms with E-state index in [9.17, 15) is 4.79 Å². The Morgan fingerprint density at radius 1 is 1.44 bits per heavy atom. The molecule has 0 radical (unpaired) electrons. The van der Waals surface area contributed by atoms with Crippen LogP contribution >= 0.6 is 24.0 Å². The predicted octanol–water partition coefficient (Wildman–Crippen LogP) is 3.16. The van der Waals surface area contributed by atoms with Gasteiger partial charge < -0.3 is 10.6 Å². The van der Waals surface area contributed by atoms with Gasteiger partial charge in [-0.15, -0.1) is 12.4 Å². The molecule has 0 saturated heterocycles. The van der Waals surface area contributed by atoms with E-state index in [-0.39, 0.29) is 18.3 Å². The highest BCUT2D eigenvalue weighted by molar-refractivity contribution is 6.30. The minimum atomic E-state index is -0.0837. The Morgan fingerprint density at radius 3 is 2.96 bits per heavy atom. The van der Waals surface area contributed by atoms with Crippen LogP contribution in [-0.2, 0) is 6.42 Å². The molecule has 7 heteroatoms. The number of carbonyl (C=O) groups excluding carboxylic acids is 1. The average molecular weight is 381 g/mol. The monoisotopic (exact) mass is 380 g/mol. The van der Waals surface area contributed by atoms with Crippen LogP contribution in [0, 0.1) is 0 Å². The largest absolute Gasteiger partial charge is 0.348 e. The van der Waals surface area contributed by atoms with Gasteiger partial charge in [0.1, 0.15) is 0 Å². The molecule has 2 N–H and O–H groups in total. The van der Waals surface area contributed by atoms with Gasteiger partial charge in [-0.05, 0) is 37.6 Å². The number of hydrogen-bond donors (Lipinski definition) is 2. The summed E-state index contributed by atoms with van der Waals surface area (Å²) in [4.78, 5) is 12.5. The molecule has 1 aliphatic heterocycles. The summed E-state index contributed by atoms with van der Waals surface area (Å²) in [5, 5.41) is 11.3. The van der Waals surface area contributed by atoms with Gasteiger partial charge in [0.05, 0.1) is 23.1 Å². The Hall–Kier alpha value is -1.82. The molecule has 1 aliphatic rings. The van der Waals surface area contributed by atoms with Gasteiger partial charge in [0.15, 0.2) is 0 Å². The molecule has 2 heterocycles. The first kappa shape index (κ1) is 19.5. The molecule has 0 saturated carbocycles. The summed E-state index contributed by atoms with van der Waals surface area (Å²) in [6, 6.07) is 7.47. The summed E-state index contributed by atoms with van der Waals surface area (Å²) in [5.74, 6) is -0.0837. The lowest BCUT2D eigenvalue weighted by Gasteiger charge is -2.14. The molecule has 0 fully saturated rings. The Bertz CT molecular complexity index is 770. The second-order valence-electron chi connectivity index (χ2n) is 5.75. The van der Waals surface area contributed by atoms with E-state index in [0.717, 1.165) is 30.9 Å². The summed E-state index contributed by atoms with van der Waals surface area (Å²) in [6.45, 7) is 4.45. The molecule has 134 valence electrons. The fourth-order valence-electron chi connectivity index (χ4n) is 2.85. The summed E-state index contributed by atoms with van der Waals surface area (Å²) in [5.41, 5.74) is 3.63. The van der Waals surface area contributed by atoms with Crippen molar-refractivity contribution in [1.29, 1.82) is 0 Å². The third kappa shape index (κ3) is 4.63. The molecule has 0 atom stereocenters. The fraction of sp³-hybridized carbons (Fsp3) is 0.333. The third-order valence-electron chi connectivity index (χ3n) is 4.14. The highest BCUT2D eigenvalue weighted by Crippen LogP contribution is 2.19. The first-order valence-electron chi connectivity index (χ1n) is 8.18. The molecule has 0 aliphatic carbocycles. The molecule has 3 rings (SSSR count). The van der Waals surface area contributed by atoms with E-state index >= 15 is 0 Å². The number of amides is 1. The SMILES string of the molecule is CCc1c(C(=O)NCC2=CCNCC2)cnn1-c1cccc(Cl)c1.Cl. The van der Waals surface area contributed by atoms with E-state index in [0.29, 0.717) is 23.6 Å². The minimum Gasteiger partial charge on any atom is -0.348 e.